The van der Waals surface area contributed by atoms with Crippen molar-refractivity contribution in [3.8, 4) is 0 Å². The Bertz CT molecular complexity index is 343. The van der Waals surface area contributed by atoms with Crippen LogP contribution in [0.2, 0.25) is 0 Å². The molecule has 0 N–H and O–H groups in total. The zero-order valence-electron chi connectivity index (χ0n) is 9.59. The molecule has 0 heterocycles. The third-order valence-corrected chi connectivity index (χ3v) is 4.84. The zero-order chi connectivity index (χ0) is 10.8. The minimum atomic E-state index is 0.749. The highest BCUT2D eigenvalue weighted by molar-refractivity contribution is 9.09. The van der Waals surface area contributed by atoms with Crippen LogP contribution in [0.5, 0.6) is 0 Å². The molecule has 0 radical (unpaired) electrons. The molecule has 2 unspecified atom stereocenters. The average Bonchev–Trinajstić information content (AvgIpc) is 2.59. The van der Waals surface area contributed by atoms with Crippen LogP contribution in [0, 0.1) is 19.8 Å². The highest BCUT2D eigenvalue weighted by Gasteiger charge is 2.24. The summed E-state index contributed by atoms with van der Waals surface area (Å²) in [5, 5.41) is 0. The second kappa shape index (κ2) is 4.69. The molecule has 15 heavy (non-hydrogen) atoms. The summed E-state index contributed by atoms with van der Waals surface area (Å²) in [4.78, 5) is 0.749. The van der Waals surface area contributed by atoms with Crippen LogP contribution in [-0.2, 0) is 6.42 Å². The Hall–Kier alpha value is -0.300. The Balaban J connectivity index is 2.07. The van der Waals surface area contributed by atoms with Crippen molar-refractivity contribution in [2.75, 3.05) is 0 Å². The van der Waals surface area contributed by atoms with Gasteiger partial charge in [-0.25, -0.2) is 0 Å². The first kappa shape index (κ1) is 11.2. The summed E-state index contributed by atoms with van der Waals surface area (Å²) in [5.41, 5.74) is 4.34. The van der Waals surface area contributed by atoms with E-state index in [0.717, 1.165) is 10.7 Å². The van der Waals surface area contributed by atoms with Crippen molar-refractivity contribution in [1.82, 2.24) is 0 Å². The van der Waals surface area contributed by atoms with Gasteiger partial charge in [-0.2, -0.15) is 0 Å². The largest absolute Gasteiger partial charge is 0.0888 e. The minimum Gasteiger partial charge on any atom is -0.0888 e. The monoisotopic (exact) mass is 266 g/mol. The number of aryl methyl sites for hydroxylation is 2. The zero-order valence-corrected chi connectivity index (χ0v) is 11.2. The van der Waals surface area contributed by atoms with E-state index < -0.39 is 0 Å². The van der Waals surface area contributed by atoms with Gasteiger partial charge in [0, 0.05) is 4.83 Å². The molecule has 0 nitrogen and oxygen atoms in total. The van der Waals surface area contributed by atoms with Crippen molar-refractivity contribution < 1.29 is 0 Å². The molecule has 0 amide bonds. The highest BCUT2D eigenvalue weighted by Crippen LogP contribution is 2.34. The number of halogens is 1. The first-order valence-corrected chi connectivity index (χ1v) is 6.78. The smallest absolute Gasteiger partial charge is 0.0177 e. The van der Waals surface area contributed by atoms with Crippen LogP contribution in [-0.4, -0.2) is 4.83 Å². The van der Waals surface area contributed by atoms with Gasteiger partial charge in [-0.1, -0.05) is 40.5 Å². The molecule has 1 aromatic carbocycles. The van der Waals surface area contributed by atoms with E-state index in [0.29, 0.717) is 0 Å². The third-order valence-electron chi connectivity index (χ3n) is 3.64. The van der Waals surface area contributed by atoms with Crippen LogP contribution in [0.15, 0.2) is 18.2 Å². The van der Waals surface area contributed by atoms with Crippen LogP contribution >= 0.6 is 15.9 Å². The van der Waals surface area contributed by atoms with Crippen LogP contribution in [0.1, 0.15) is 36.0 Å². The van der Waals surface area contributed by atoms with E-state index in [1.165, 1.54) is 42.4 Å². The van der Waals surface area contributed by atoms with Gasteiger partial charge in [0.2, 0.25) is 0 Å². The van der Waals surface area contributed by atoms with Crippen molar-refractivity contribution in [2.24, 2.45) is 5.92 Å². The summed E-state index contributed by atoms with van der Waals surface area (Å²) in [6.07, 6.45) is 5.39. The van der Waals surface area contributed by atoms with Gasteiger partial charge in [0.05, 0.1) is 0 Å². The van der Waals surface area contributed by atoms with E-state index in [1.54, 1.807) is 0 Å². The molecule has 2 rings (SSSR count). The Morgan fingerprint density at radius 2 is 2.00 bits per heavy atom. The molecule has 0 aromatic heterocycles. The fourth-order valence-electron chi connectivity index (χ4n) is 2.45. The molecule has 2 atom stereocenters. The maximum absolute atomic E-state index is 3.80. The van der Waals surface area contributed by atoms with Crippen LogP contribution in [0.3, 0.4) is 0 Å². The normalized spacial score (nSPS) is 25.8. The molecule has 0 spiro atoms. The molecule has 1 saturated carbocycles. The lowest BCUT2D eigenvalue weighted by atomic mass is 9.95. The Kier molecular flexibility index (Phi) is 3.50. The number of benzene rings is 1. The van der Waals surface area contributed by atoms with Crippen LogP contribution in [0.25, 0.3) is 0 Å². The maximum atomic E-state index is 3.80. The van der Waals surface area contributed by atoms with Crippen LogP contribution in [0.4, 0.5) is 0 Å². The summed E-state index contributed by atoms with van der Waals surface area (Å²) in [5.74, 6) is 0.854. The topological polar surface area (TPSA) is 0 Å². The van der Waals surface area contributed by atoms with Gasteiger partial charge < -0.3 is 0 Å². The van der Waals surface area contributed by atoms with Gasteiger partial charge in [-0.05, 0) is 55.7 Å². The van der Waals surface area contributed by atoms with E-state index in [2.05, 4.69) is 48.0 Å². The second-order valence-electron chi connectivity index (χ2n) is 4.83. The molecule has 82 valence electrons. The van der Waals surface area contributed by atoms with Gasteiger partial charge in [0.25, 0.3) is 0 Å². The van der Waals surface area contributed by atoms with Gasteiger partial charge >= 0.3 is 0 Å². The summed E-state index contributed by atoms with van der Waals surface area (Å²) < 4.78 is 0. The van der Waals surface area contributed by atoms with E-state index in [4.69, 9.17) is 0 Å². The quantitative estimate of drug-likeness (QED) is 0.696. The second-order valence-corrected chi connectivity index (χ2v) is 6.01. The summed E-state index contributed by atoms with van der Waals surface area (Å²) in [6.45, 7) is 4.39. The lowest BCUT2D eigenvalue weighted by Crippen LogP contribution is -2.09. The van der Waals surface area contributed by atoms with E-state index in [-0.39, 0.29) is 0 Å². The highest BCUT2D eigenvalue weighted by atomic mass is 79.9. The Morgan fingerprint density at radius 3 is 2.60 bits per heavy atom. The SMILES string of the molecule is Cc1ccc(CC2CCCC2Br)cc1C. The van der Waals surface area contributed by atoms with E-state index in [1.807, 2.05) is 0 Å². The Labute approximate surface area is 101 Å². The van der Waals surface area contributed by atoms with E-state index >= 15 is 0 Å². The average molecular weight is 267 g/mol. The molecule has 0 aliphatic heterocycles. The predicted octanol–water partition coefficient (Wildman–Crippen LogP) is 4.41. The number of hydrogen-bond acceptors (Lipinski definition) is 0. The number of alkyl halides is 1. The first-order valence-electron chi connectivity index (χ1n) is 5.87. The molecule has 1 aliphatic rings. The van der Waals surface area contributed by atoms with Crippen molar-refractivity contribution in [3.63, 3.8) is 0 Å². The molecule has 1 heteroatoms. The molecular formula is C14H19Br. The standard InChI is InChI=1S/C14H19Br/c1-10-6-7-12(8-11(10)2)9-13-4-3-5-14(13)15/h6-8,13-14H,3-5,9H2,1-2H3. The number of hydrogen-bond donors (Lipinski definition) is 0. The molecular weight excluding hydrogens is 248 g/mol. The van der Waals surface area contributed by atoms with Gasteiger partial charge in [-0.15, -0.1) is 0 Å². The lowest BCUT2D eigenvalue weighted by molar-refractivity contribution is 0.562. The maximum Gasteiger partial charge on any atom is 0.0177 e. The first-order chi connectivity index (χ1) is 7.16. The van der Waals surface area contributed by atoms with Gasteiger partial charge in [0.1, 0.15) is 0 Å². The molecule has 1 aliphatic carbocycles. The summed E-state index contributed by atoms with van der Waals surface area (Å²) in [7, 11) is 0. The minimum absolute atomic E-state index is 0.749. The third kappa shape index (κ3) is 2.63. The number of rotatable bonds is 2. The van der Waals surface area contributed by atoms with Gasteiger partial charge in [0.15, 0.2) is 0 Å². The van der Waals surface area contributed by atoms with Crippen molar-refractivity contribution in [2.45, 2.75) is 44.4 Å². The molecule has 1 aromatic rings. The molecule has 1 fully saturated rings. The van der Waals surface area contributed by atoms with Gasteiger partial charge in [-0.3, -0.25) is 0 Å². The van der Waals surface area contributed by atoms with Crippen molar-refractivity contribution in [1.29, 1.82) is 0 Å². The predicted molar refractivity (Wildman–Crippen MR) is 69.7 cm³/mol. The fraction of sp³-hybridized carbons (Fsp3) is 0.571. The lowest BCUT2D eigenvalue weighted by Gasteiger charge is -2.14. The molecule has 0 saturated heterocycles. The van der Waals surface area contributed by atoms with Crippen molar-refractivity contribution in [3.05, 3.63) is 34.9 Å². The Morgan fingerprint density at radius 1 is 1.20 bits per heavy atom. The summed E-state index contributed by atoms with van der Waals surface area (Å²) in [6, 6.07) is 6.90. The van der Waals surface area contributed by atoms with Crippen molar-refractivity contribution >= 4 is 15.9 Å². The fourth-order valence-corrected chi connectivity index (χ4v) is 3.23. The van der Waals surface area contributed by atoms with E-state index in [9.17, 15) is 0 Å². The summed E-state index contributed by atoms with van der Waals surface area (Å²) >= 11 is 3.80. The molecule has 0 bridgehead atoms. The van der Waals surface area contributed by atoms with Crippen LogP contribution < -0.4 is 0 Å².